The molecule has 28 heavy (non-hydrogen) atoms. The zero-order chi connectivity index (χ0) is 19.8. The van der Waals surface area contributed by atoms with Crippen molar-refractivity contribution in [1.29, 1.82) is 0 Å². The second-order valence-corrected chi connectivity index (χ2v) is 7.15. The lowest BCUT2D eigenvalue weighted by Gasteiger charge is -2.11. The summed E-state index contributed by atoms with van der Waals surface area (Å²) in [5, 5.41) is 3.24. The van der Waals surface area contributed by atoms with Gasteiger partial charge in [0.1, 0.15) is 22.9 Å². The number of amides is 1. The van der Waals surface area contributed by atoms with Crippen LogP contribution in [0, 0.1) is 12.7 Å². The molecule has 4 rings (SSSR count). The zero-order valence-electron chi connectivity index (χ0n) is 15.1. The van der Waals surface area contributed by atoms with Gasteiger partial charge in [0.05, 0.1) is 16.0 Å². The van der Waals surface area contributed by atoms with Gasteiger partial charge in [0.2, 0.25) is 5.43 Å². The second kappa shape index (κ2) is 7.28. The van der Waals surface area contributed by atoms with Gasteiger partial charge in [-0.25, -0.2) is 4.39 Å². The lowest BCUT2D eigenvalue weighted by molar-refractivity contribution is -0.123. The van der Waals surface area contributed by atoms with Crippen molar-refractivity contribution in [3.63, 3.8) is 0 Å². The Kier molecular flexibility index (Phi) is 4.81. The van der Waals surface area contributed by atoms with Crippen molar-refractivity contribution in [1.82, 2.24) is 5.32 Å². The van der Waals surface area contributed by atoms with Crippen LogP contribution in [0.15, 0.2) is 45.6 Å². The van der Waals surface area contributed by atoms with Crippen LogP contribution < -0.4 is 15.5 Å². The molecule has 1 saturated carbocycles. The molecule has 1 amide bonds. The molecule has 1 aliphatic carbocycles. The van der Waals surface area contributed by atoms with E-state index in [9.17, 15) is 14.0 Å². The highest BCUT2D eigenvalue weighted by Crippen LogP contribution is 2.32. The Morgan fingerprint density at radius 3 is 2.79 bits per heavy atom. The van der Waals surface area contributed by atoms with Crippen molar-refractivity contribution in [3.8, 4) is 16.9 Å². The number of carbonyl (C=O) groups is 1. The third-order valence-corrected chi connectivity index (χ3v) is 4.88. The first kappa shape index (κ1) is 18.5. The van der Waals surface area contributed by atoms with Gasteiger partial charge in [-0.15, -0.1) is 0 Å². The highest BCUT2D eigenvalue weighted by molar-refractivity contribution is 6.33. The summed E-state index contributed by atoms with van der Waals surface area (Å²) in [6.07, 6.45) is 2.00. The molecule has 0 radical (unpaired) electrons. The molecule has 0 aliphatic heterocycles. The van der Waals surface area contributed by atoms with Crippen LogP contribution in [0.4, 0.5) is 4.39 Å². The first-order chi connectivity index (χ1) is 13.4. The standard InChI is InChI=1S/C21H17ClFNO4/c1-11-19(20-15(22)3-2-4-16(20)23)21(26)14-8-7-13(9-17(14)28-11)27-10-18(25)24-12-5-6-12/h2-4,7-9,12H,5-6,10H2,1H3,(H,24,25). The molecule has 0 saturated heterocycles. The van der Waals surface area contributed by atoms with Crippen LogP contribution in [0.3, 0.4) is 0 Å². The van der Waals surface area contributed by atoms with Gasteiger partial charge in [-0.2, -0.15) is 0 Å². The van der Waals surface area contributed by atoms with Crippen LogP contribution in [0.25, 0.3) is 22.1 Å². The van der Waals surface area contributed by atoms with E-state index in [2.05, 4.69) is 5.32 Å². The summed E-state index contributed by atoms with van der Waals surface area (Å²) < 4.78 is 25.5. The first-order valence-corrected chi connectivity index (χ1v) is 9.26. The molecule has 5 nitrogen and oxygen atoms in total. The quantitative estimate of drug-likeness (QED) is 0.695. The summed E-state index contributed by atoms with van der Waals surface area (Å²) in [5.74, 6) is -0.139. The van der Waals surface area contributed by atoms with E-state index in [4.69, 9.17) is 20.8 Å². The Morgan fingerprint density at radius 2 is 2.07 bits per heavy atom. The van der Waals surface area contributed by atoms with E-state index < -0.39 is 5.82 Å². The van der Waals surface area contributed by atoms with Crippen LogP contribution in [0.2, 0.25) is 5.02 Å². The summed E-state index contributed by atoms with van der Waals surface area (Å²) in [6.45, 7) is 1.46. The Hall–Kier alpha value is -2.86. The predicted molar refractivity (Wildman–Crippen MR) is 104 cm³/mol. The summed E-state index contributed by atoms with van der Waals surface area (Å²) >= 11 is 6.12. The number of halogens is 2. The maximum absolute atomic E-state index is 14.3. The number of aryl methyl sites for hydroxylation is 1. The van der Waals surface area contributed by atoms with Crippen molar-refractivity contribution < 1.29 is 18.3 Å². The Bertz CT molecular complexity index is 1120. The van der Waals surface area contributed by atoms with Crippen molar-refractivity contribution in [2.45, 2.75) is 25.8 Å². The topological polar surface area (TPSA) is 68.5 Å². The molecule has 3 aromatic rings. The molecule has 1 N–H and O–H groups in total. The number of hydrogen-bond acceptors (Lipinski definition) is 4. The third kappa shape index (κ3) is 3.60. The molecule has 0 spiro atoms. The number of carbonyl (C=O) groups excluding carboxylic acids is 1. The number of hydrogen-bond donors (Lipinski definition) is 1. The van der Waals surface area contributed by atoms with Crippen LogP contribution in [-0.4, -0.2) is 18.6 Å². The lowest BCUT2D eigenvalue weighted by Crippen LogP contribution is -2.30. The van der Waals surface area contributed by atoms with Crippen molar-refractivity contribution in [2.24, 2.45) is 0 Å². The van der Waals surface area contributed by atoms with Gasteiger partial charge in [-0.05, 0) is 44.0 Å². The maximum atomic E-state index is 14.3. The van der Waals surface area contributed by atoms with Gasteiger partial charge in [-0.3, -0.25) is 9.59 Å². The fraction of sp³-hybridized carbons (Fsp3) is 0.238. The van der Waals surface area contributed by atoms with Gasteiger partial charge in [0.15, 0.2) is 6.61 Å². The smallest absolute Gasteiger partial charge is 0.258 e. The molecule has 7 heteroatoms. The molecular formula is C21H17ClFNO4. The highest BCUT2D eigenvalue weighted by atomic mass is 35.5. The first-order valence-electron chi connectivity index (χ1n) is 8.88. The van der Waals surface area contributed by atoms with E-state index in [1.807, 2.05) is 0 Å². The second-order valence-electron chi connectivity index (χ2n) is 6.75. The fourth-order valence-electron chi connectivity index (χ4n) is 3.05. The largest absolute Gasteiger partial charge is 0.484 e. The van der Waals surface area contributed by atoms with Crippen LogP contribution in [0.1, 0.15) is 18.6 Å². The van der Waals surface area contributed by atoms with Gasteiger partial charge in [-0.1, -0.05) is 17.7 Å². The monoisotopic (exact) mass is 401 g/mol. The maximum Gasteiger partial charge on any atom is 0.258 e. The van der Waals surface area contributed by atoms with Gasteiger partial charge in [0.25, 0.3) is 5.91 Å². The minimum atomic E-state index is -0.594. The summed E-state index contributed by atoms with van der Waals surface area (Å²) in [4.78, 5) is 24.7. The van der Waals surface area contributed by atoms with E-state index in [-0.39, 0.29) is 51.3 Å². The summed E-state index contributed by atoms with van der Waals surface area (Å²) in [6, 6.07) is 9.15. The fourth-order valence-corrected chi connectivity index (χ4v) is 3.30. The predicted octanol–water partition coefficient (Wildman–Crippen LogP) is 4.22. The third-order valence-electron chi connectivity index (χ3n) is 4.57. The average molecular weight is 402 g/mol. The van der Waals surface area contributed by atoms with E-state index in [1.54, 1.807) is 19.1 Å². The van der Waals surface area contributed by atoms with Crippen LogP contribution >= 0.6 is 11.6 Å². The van der Waals surface area contributed by atoms with Crippen molar-refractivity contribution in [2.75, 3.05) is 6.61 Å². The van der Waals surface area contributed by atoms with E-state index in [0.29, 0.717) is 11.3 Å². The van der Waals surface area contributed by atoms with Gasteiger partial charge >= 0.3 is 0 Å². The van der Waals surface area contributed by atoms with Crippen molar-refractivity contribution >= 4 is 28.5 Å². The molecule has 2 aromatic carbocycles. The zero-order valence-corrected chi connectivity index (χ0v) is 15.8. The molecule has 1 aliphatic rings. The lowest BCUT2D eigenvalue weighted by atomic mass is 10.0. The van der Waals surface area contributed by atoms with Crippen molar-refractivity contribution in [3.05, 3.63) is 63.2 Å². The van der Waals surface area contributed by atoms with E-state index in [0.717, 1.165) is 12.8 Å². The summed E-state index contributed by atoms with van der Waals surface area (Å²) in [7, 11) is 0. The van der Waals surface area contributed by atoms with Crippen LogP contribution in [0.5, 0.6) is 5.75 Å². The molecule has 0 atom stereocenters. The molecule has 0 bridgehead atoms. The number of benzene rings is 2. The minimum absolute atomic E-state index is 0.0226. The highest BCUT2D eigenvalue weighted by Gasteiger charge is 2.23. The number of rotatable bonds is 5. The average Bonchev–Trinajstić information content (AvgIpc) is 3.46. The van der Waals surface area contributed by atoms with E-state index in [1.165, 1.54) is 24.3 Å². The normalized spacial score (nSPS) is 13.5. The van der Waals surface area contributed by atoms with Gasteiger partial charge < -0.3 is 14.5 Å². The molecule has 0 unspecified atom stereocenters. The number of fused-ring (bicyclic) bond motifs is 1. The Balaban J connectivity index is 1.68. The molecule has 144 valence electrons. The number of nitrogens with one attached hydrogen (secondary N) is 1. The minimum Gasteiger partial charge on any atom is -0.484 e. The molecule has 1 heterocycles. The van der Waals surface area contributed by atoms with E-state index >= 15 is 0 Å². The molecule has 1 fully saturated rings. The van der Waals surface area contributed by atoms with Crippen LogP contribution in [-0.2, 0) is 4.79 Å². The Morgan fingerprint density at radius 1 is 1.29 bits per heavy atom. The SMILES string of the molecule is Cc1oc2cc(OCC(=O)NC3CC3)ccc2c(=O)c1-c1c(F)cccc1Cl. The van der Waals surface area contributed by atoms with Gasteiger partial charge in [0, 0.05) is 17.7 Å². The summed E-state index contributed by atoms with van der Waals surface area (Å²) in [5.41, 5.74) is 0.0186. The number of ether oxygens (including phenoxy) is 1. The molecular weight excluding hydrogens is 385 g/mol. The molecule has 1 aromatic heterocycles. The Labute approximate surface area is 165 Å².